The Bertz CT molecular complexity index is 1970. The zero-order valence-corrected chi connectivity index (χ0v) is 32.8. The molecule has 0 aliphatic rings. The van der Waals surface area contributed by atoms with Crippen LogP contribution >= 0.6 is 12.4 Å². The van der Waals surface area contributed by atoms with E-state index >= 15 is 4.79 Å². The minimum atomic E-state index is -0.283. The van der Waals surface area contributed by atoms with Crippen molar-refractivity contribution in [1.82, 2.24) is 9.97 Å². The van der Waals surface area contributed by atoms with Crippen LogP contribution in [0.2, 0.25) is 0 Å². The number of urea groups is 1. The zero-order chi connectivity index (χ0) is 36.8. The minimum Gasteiger partial charge on any atom is -0.326 e. The summed E-state index contributed by atoms with van der Waals surface area (Å²) in [6, 6.07) is 26.6. The number of halogens is 1. The second kappa shape index (κ2) is 17.8. The summed E-state index contributed by atoms with van der Waals surface area (Å²) in [7, 11) is 0. The van der Waals surface area contributed by atoms with Crippen LogP contribution in [0.4, 0.5) is 16.2 Å². The average Bonchev–Trinajstić information content (AvgIpc) is 3.09. The summed E-state index contributed by atoms with van der Waals surface area (Å²) in [6.07, 6.45) is 1.57. The molecule has 274 valence electrons. The Kier molecular flexibility index (Phi) is 13.7. The minimum absolute atomic E-state index is 0. The highest BCUT2D eigenvalue weighted by atomic mass is 35.5. The van der Waals surface area contributed by atoms with Gasteiger partial charge in [-0.05, 0) is 80.2 Å². The maximum atomic E-state index is 15.1. The van der Waals surface area contributed by atoms with Gasteiger partial charge in [-0.1, -0.05) is 118 Å². The summed E-state index contributed by atoms with van der Waals surface area (Å²) in [5.41, 5.74) is 27.0. The number of aromatic nitrogens is 2. The molecule has 5 N–H and O–H groups in total. The fourth-order valence-corrected chi connectivity index (χ4v) is 6.89. The van der Waals surface area contributed by atoms with Gasteiger partial charge < -0.3 is 16.8 Å². The van der Waals surface area contributed by atoms with Gasteiger partial charge in [-0.15, -0.1) is 12.4 Å². The highest BCUT2D eigenvalue weighted by Gasteiger charge is 2.29. The van der Waals surface area contributed by atoms with Crippen LogP contribution in [0.3, 0.4) is 0 Å². The van der Waals surface area contributed by atoms with Crippen LogP contribution in [0, 0.1) is 39.5 Å². The molecule has 0 radical (unpaired) electrons. The van der Waals surface area contributed by atoms with E-state index in [4.69, 9.17) is 21.4 Å². The van der Waals surface area contributed by atoms with Gasteiger partial charge in [0.2, 0.25) is 0 Å². The quantitative estimate of drug-likeness (QED) is 0.119. The maximum absolute atomic E-state index is 15.1. The Morgan fingerprint density at radius 2 is 1.13 bits per heavy atom. The van der Waals surface area contributed by atoms with Crippen molar-refractivity contribution in [1.29, 1.82) is 0 Å². The SMILES string of the molecule is Cc1ccc(-c2c(CN)c(CC(C)C)nc(C)c2NC(=O)N(Cc2ccccc2)c2c(C)nc(CC(C)C)c(CN)c2-c2ccc(C)cc2)cc1.Cl. The van der Waals surface area contributed by atoms with E-state index in [-0.39, 0.29) is 18.4 Å². The molecule has 52 heavy (non-hydrogen) atoms. The molecule has 0 spiro atoms. The molecule has 3 aromatic carbocycles. The molecule has 0 aliphatic carbocycles. The van der Waals surface area contributed by atoms with Crippen molar-refractivity contribution in [2.75, 3.05) is 10.2 Å². The number of nitrogens with two attached hydrogens (primary N) is 2. The topological polar surface area (TPSA) is 110 Å². The largest absolute Gasteiger partial charge is 0.326 e. The first-order chi connectivity index (χ1) is 24.4. The molecule has 0 unspecified atom stereocenters. The molecule has 8 heteroatoms. The molecule has 0 atom stereocenters. The fraction of sp³-hybridized carbons (Fsp3) is 0.341. The first kappa shape index (κ1) is 40.2. The van der Waals surface area contributed by atoms with Crippen molar-refractivity contribution >= 4 is 29.8 Å². The summed E-state index contributed by atoms with van der Waals surface area (Å²) in [4.78, 5) is 27.2. The van der Waals surface area contributed by atoms with Crippen molar-refractivity contribution in [3.8, 4) is 22.3 Å². The predicted octanol–water partition coefficient (Wildman–Crippen LogP) is 10.0. The zero-order valence-electron chi connectivity index (χ0n) is 32.0. The molecule has 0 fully saturated rings. The van der Waals surface area contributed by atoms with E-state index in [2.05, 4.69) is 95.4 Å². The number of pyridine rings is 2. The van der Waals surface area contributed by atoms with E-state index < -0.39 is 0 Å². The monoisotopic (exact) mass is 718 g/mol. The van der Waals surface area contributed by atoms with Gasteiger partial charge in [0.1, 0.15) is 0 Å². The Morgan fingerprint density at radius 3 is 1.62 bits per heavy atom. The molecule has 0 saturated heterocycles. The average molecular weight is 719 g/mol. The van der Waals surface area contributed by atoms with Crippen LogP contribution < -0.4 is 21.7 Å². The molecule has 5 aromatic rings. The van der Waals surface area contributed by atoms with Crippen molar-refractivity contribution in [2.24, 2.45) is 23.3 Å². The lowest BCUT2D eigenvalue weighted by atomic mass is 9.91. The van der Waals surface area contributed by atoms with Crippen molar-refractivity contribution < 1.29 is 4.79 Å². The molecular weight excluding hydrogens is 664 g/mol. The van der Waals surface area contributed by atoms with Crippen molar-refractivity contribution in [3.63, 3.8) is 0 Å². The number of rotatable bonds is 12. The molecular formula is C44H55ClN6O. The lowest BCUT2D eigenvalue weighted by molar-refractivity contribution is 0.256. The van der Waals surface area contributed by atoms with Crippen LogP contribution in [0.15, 0.2) is 78.9 Å². The van der Waals surface area contributed by atoms with Gasteiger partial charge in [-0.2, -0.15) is 0 Å². The smallest absolute Gasteiger partial charge is 0.326 e. The number of carbonyl (C=O) groups is 1. The second-order valence-corrected chi connectivity index (χ2v) is 14.6. The van der Waals surface area contributed by atoms with E-state index in [0.717, 1.165) is 91.4 Å². The number of hydrogen-bond acceptors (Lipinski definition) is 5. The van der Waals surface area contributed by atoms with E-state index in [1.54, 1.807) is 0 Å². The third-order valence-corrected chi connectivity index (χ3v) is 9.32. The molecule has 0 aliphatic heterocycles. The highest BCUT2D eigenvalue weighted by molar-refractivity contribution is 6.07. The number of aryl methyl sites for hydroxylation is 4. The first-order valence-electron chi connectivity index (χ1n) is 18.1. The Balaban J connectivity index is 0.00000605. The molecule has 7 nitrogen and oxygen atoms in total. The van der Waals surface area contributed by atoms with E-state index in [1.165, 1.54) is 0 Å². The fourth-order valence-electron chi connectivity index (χ4n) is 6.89. The Hall–Kier alpha value is -4.56. The lowest BCUT2D eigenvalue weighted by Crippen LogP contribution is -2.36. The molecule has 2 heterocycles. The molecule has 5 rings (SSSR count). The highest BCUT2D eigenvalue weighted by Crippen LogP contribution is 2.41. The van der Waals surface area contributed by atoms with Crippen LogP contribution in [-0.2, 0) is 32.5 Å². The number of hydrogen-bond donors (Lipinski definition) is 3. The number of carbonyl (C=O) groups excluding carboxylic acids is 1. The lowest BCUT2D eigenvalue weighted by Gasteiger charge is -2.31. The van der Waals surface area contributed by atoms with Gasteiger partial charge in [-0.25, -0.2) is 4.79 Å². The van der Waals surface area contributed by atoms with Gasteiger partial charge in [0.05, 0.1) is 29.3 Å². The Labute approximate surface area is 316 Å². The van der Waals surface area contributed by atoms with E-state index in [0.29, 0.717) is 37.2 Å². The molecule has 2 amide bonds. The van der Waals surface area contributed by atoms with Gasteiger partial charge in [-0.3, -0.25) is 14.9 Å². The van der Waals surface area contributed by atoms with Gasteiger partial charge in [0, 0.05) is 35.6 Å². The third kappa shape index (κ3) is 9.08. The number of nitrogens with one attached hydrogen (secondary N) is 1. The molecule has 0 bridgehead atoms. The van der Waals surface area contributed by atoms with Crippen LogP contribution in [0.5, 0.6) is 0 Å². The van der Waals surface area contributed by atoms with Crippen LogP contribution in [-0.4, -0.2) is 16.0 Å². The molecule has 2 aromatic heterocycles. The first-order valence-corrected chi connectivity index (χ1v) is 18.1. The second-order valence-electron chi connectivity index (χ2n) is 14.6. The normalized spacial score (nSPS) is 11.2. The van der Waals surface area contributed by atoms with Crippen LogP contribution in [0.1, 0.15) is 78.3 Å². The van der Waals surface area contributed by atoms with E-state index in [9.17, 15) is 0 Å². The summed E-state index contributed by atoms with van der Waals surface area (Å²) in [5.74, 6) is 0.773. The number of nitrogens with zero attached hydrogens (tertiary/aromatic N) is 3. The van der Waals surface area contributed by atoms with Gasteiger partial charge in [0.25, 0.3) is 0 Å². The van der Waals surface area contributed by atoms with E-state index in [1.807, 2.05) is 49.1 Å². The van der Waals surface area contributed by atoms with Gasteiger partial charge >= 0.3 is 6.03 Å². The standard InChI is InChI=1S/C44H54N6O.ClH/c1-27(2)22-38-36(24-45)40(34-18-14-29(5)15-19-34)42(31(7)47-38)49-44(51)50(26-33-12-10-9-11-13-33)43-32(8)48-39(23-28(3)4)37(25-46)41(43)35-20-16-30(6)17-21-35;/h9-21,27-28H,22-26,45-46H2,1-8H3,(H,49,51);1H. The third-order valence-electron chi connectivity index (χ3n) is 9.32. The Morgan fingerprint density at radius 1 is 0.673 bits per heavy atom. The summed E-state index contributed by atoms with van der Waals surface area (Å²) >= 11 is 0. The number of anilines is 2. The summed E-state index contributed by atoms with van der Waals surface area (Å²) in [6.45, 7) is 17.8. The summed E-state index contributed by atoms with van der Waals surface area (Å²) < 4.78 is 0. The molecule has 0 saturated carbocycles. The van der Waals surface area contributed by atoms with Crippen molar-refractivity contribution in [3.05, 3.63) is 129 Å². The summed E-state index contributed by atoms with van der Waals surface area (Å²) in [5, 5.41) is 3.38. The number of benzene rings is 3. The van der Waals surface area contributed by atoms with Crippen molar-refractivity contribution in [2.45, 2.75) is 87.9 Å². The predicted molar refractivity (Wildman–Crippen MR) is 220 cm³/mol. The number of amides is 2. The van der Waals surface area contributed by atoms with Crippen LogP contribution in [0.25, 0.3) is 22.3 Å². The maximum Gasteiger partial charge on any atom is 0.326 e. The van der Waals surface area contributed by atoms with Gasteiger partial charge in [0.15, 0.2) is 0 Å².